The van der Waals surface area contributed by atoms with E-state index in [9.17, 15) is 0 Å². The van der Waals surface area contributed by atoms with Gasteiger partial charge in [-0.1, -0.05) is 214 Å². The molecule has 0 radical (unpaired) electrons. The zero-order valence-electron chi connectivity index (χ0n) is 62.6. The molecule has 2 saturated heterocycles. The van der Waals surface area contributed by atoms with Crippen molar-refractivity contribution in [1.29, 1.82) is 0 Å². The van der Waals surface area contributed by atoms with Crippen LogP contribution in [0.1, 0.15) is 268 Å². The maximum Gasteiger partial charge on any atom is 0.0195 e. The SMILES string of the molecule is CC(C)(C)CC(C)(C)C.CC(C)(C)CN1CCCCC1.CC(N(C)C)C(C)(C)C.CC[C@H](C)C(C)(C)C.CN(C)C(C)(C)C(C)(C)C.CN1CCN(CC(C)(C)C)CC1.C[C@@H](N(C)C)C(C)(C)C.C[C@H](N(C)C)C(C)(C)C. The number of piperazine rings is 1. The lowest BCUT2D eigenvalue weighted by molar-refractivity contribution is 0.0652. The van der Waals surface area contributed by atoms with E-state index in [-0.39, 0.29) is 5.54 Å². The summed E-state index contributed by atoms with van der Waals surface area (Å²) in [6, 6.07) is 1.95. The summed E-state index contributed by atoms with van der Waals surface area (Å²) in [5, 5.41) is 0. The molecular weight excluding hydrogens is 939 g/mol. The molecule has 1 unspecified atom stereocenters. The second-order valence-corrected chi connectivity index (χ2v) is 35.7. The van der Waals surface area contributed by atoms with E-state index in [0.29, 0.717) is 66.9 Å². The molecule has 474 valence electrons. The average molecular weight is 1100 g/mol. The maximum absolute atomic E-state index is 2.60. The number of likely N-dealkylation sites (tertiary alicyclic amines) is 1. The molecule has 2 aliphatic heterocycles. The minimum absolute atomic E-state index is 0.271. The molecule has 2 rings (SSSR count). The van der Waals surface area contributed by atoms with Gasteiger partial charge in [0.1, 0.15) is 0 Å². The first-order valence-electron chi connectivity index (χ1n) is 31.3. The van der Waals surface area contributed by atoms with E-state index < -0.39 is 0 Å². The molecule has 0 amide bonds. The highest BCUT2D eigenvalue weighted by atomic mass is 15.2. The predicted molar refractivity (Wildman–Crippen MR) is 361 cm³/mol. The summed E-state index contributed by atoms with van der Waals surface area (Å²) in [6.45, 7) is 87.6. The molecule has 0 aromatic carbocycles. The highest BCUT2D eigenvalue weighted by Crippen LogP contribution is 2.34. The maximum atomic E-state index is 2.60. The van der Waals surface area contributed by atoms with Gasteiger partial charge in [-0.05, 0) is 185 Å². The molecule has 7 heteroatoms. The van der Waals surface area contributed by atoms with E-state index in [1.165, 1.54) is 84.5 Å². The first-order chi connectivity index (χ1) is 33.5. The molecule has 7 nitrogen and oxygen atoms in total. The number of hydrogen-bond donors (Lipinski definition) is 0. The zero-order valence-corrected chi connectivity index (χ0v) is 62.6. The van der Waals surface area contributed by atoms with Gasteiger partial charge in [0.15, 0.2) is 0 Å². The lowest BCUT2D eigenvalue weighted by Crippen LogP contribution is -2.48. The Morgan fingerprint density at radius 2 is 0.610 bits per heavy atom. The van der Waals surface area contributed by atoms with Crippen molar-refractivity contribution < 1.29 is 0 Å². The summed E-state index contributed by atoms with van der Waals surface area (Å²) in [4.78, 5) is 16.6. The number of likely N-dealkylation sites (N-methyl/N-ethyl adjacent to an activating group) is 1. The Kier molecular flexibility index (Phi) is 43.2. The predicted octanol–water partition coefficient (Wildman–Crippen LogP) is 18.7. The Balaban J connectivity index is -0.000000188. The normalized spacial score (nSPS) is 17.6. The van der Waals surface area contributed by atoms with Crippen LogP contribution in [0.2, 0.25) is 0 Å². The van der Waals surface area contributed by atoms with E-state index in [1.807, 2.05) is 0 Å². The van der Waals surface area contributed by atoms with Crippen LogP contribution in [-0.2, 0) is 0 Å². The monoisotopic (exact) mass is 1100 g/mol. The average Bonchev–Trinajstić information content (AvgIpc) is 3.18. The Bertz CT molecular complexity index is 1280. The fraction of sp³-hybridized carbons (Fsp3) is 1.00. The van der Waals surface area contributed by atoms with Crippen LogP contribution in [0.25, 0.3) is 0 Å². The van der Waals surface area contributed by atoms with Crippen LogP contribution in [0.15, 0.2) is 0 Å². The van der Waals surface area contributed by atoms with Crippen molar-refractivity contribution in [2.75, 3.05) is 116 Å². The lowest BCUT2D eigenvalue weighted by Gasteiger charge is -2.44. The first-order valence-corrected chi connectivity index (χ1v) is 31.3. The fourth-order valence-corrected chi connectivity index (χ4v) is 8.66. The molecule has 2 aliphatic rings. The van der Waals surface area contributed by atoms with Gasteiger partial charge in [0, 0.05) is 62.9 Å². The summed E-state index contributed by atoms with van der Waals surface area (Å²) in [7, 11) is 19.2. The number of piperidine rings is 1. The minimum Gasteiger partial charge on any atom is -0.306 e. The lowest BCUT2D eigenvalue weighted by atomic mass is 9.75. The molecule has 0 N–H and O–H groups in total. The third-order valence-corrected chi connectivity index (χ3v) is 16.6. The van der Waals surface area contributed by atoms with E-state index in [0.717, 1.165) is 5.92 Å². The summed E-state index contributed by atoms with van der Waals surface area (Å²) >= 11 is 0. The highest BCUT2D eigenvalue weighted by Gasteiger charge is 2.34. The van der Waals surface area contributed by atoms with Crippen molar-refractivity contribution in [3.8, 4) is 0 Å². The summed E-state index contributed by atoms with van der Waals surface area (Å²) in [5.41, 5.74) is 4.25. The second kappa shape index (κ2) is 37.8. The number of hydrogen-bond acceptors (Lipinski definition) is 7. The van der Waals surface area contributed by atoms with Gasteiger partial charge in [-0.15, -0.1) is 0 Å². The third kappa shape index (κ3) is 54.7. The zero-order chi connectivity index (χ0) is 63.5. The van der Waals surface area contributed by atoms with E-state index in [1.54, 1.807) is 0 Å². The number of nitrogens with zero attached hydrogens (tertiary/aromatic N) is 7. The molecule has 2 heterocycles. The van der Waals surface area contributed by atoms with Crippen LogP contribution in [0.4, 0.5) is 0 Å². The minimum atomic E-state index is 0.271. The largest absolute Gasteiger partial charge is 0.306 e. The van der Waals surface area contributed by atoms with Gasteiger partial charge in [-0.2, -0.15) is 0 Å². The van der Waals surface area contributed by atoms with Crippen molar-refractivity contribution in [2.24, 2.45) is 54.7 Å². The molecule has 0 aliphatic carbocycles. The molecule has 0 saturated carbocycles. The molecule has 0 aromatic rings. The highest BCUT2D eigenvalue weighted by molar-refractivity contribution is 4.89. The van der Waals surface area contributed by atoms with Gasteiger partial charge in [-0.25, -0.2) is 0 Å². The Morgan fingerprint density at radius 1 is 0.351 bits per heavy atom. The van der Waals surface area contributed by atoms with Crippen molar-refractivity contribution in [3.05, 3.63) is 0 Å². The van der Waals surface area contributed by atoms with Gasteiger partial charge in [-0.3, -0.25) is 0 Å². The fourth-order valence-electron chi connectivity index (χ4n) is 8.66. The van der Waals surface area contributed by atoms with Crippen LogP contribution in [0.5, 0.6) is 0 Å². The van der Waals surface area contributed by atoms with Gasteiger partial charge in [0.05, 0.1) is 0 Å². The van der Waals surface area contributed by atoms with Crippen molar-refractivity contribution >= 4 is 0 Å². The van der Waals surface area contributed by atoms with E-state index in [4.69, 9.17) is 0 Å². The standard InChI is InChI=1S/C10H22N2.C10H21N.C9H21N.C9H20.3C8H19N.C8H18/c1-10(2,3)9-12-7-5-11(4)6-8-12;1-10(2,3)9-11-7-5-4-6-8-11;1-8(2,3)9(4,5)10(6)7;1-8(2,3)7-9(4,5)6;3*1-7(9(5)6)8(2,3)4;1-6-7(2)8(3,4)5/h5-9H2,1-4H3;4-9H2,1-3H3;1-7H3;7H2,1-6H3;3*7H,1-6H3;7H,6H2,1-5H3/t;;;;2*7-;;7-/m....10.0/s1. The van der Waals surface area contributed by atoms with Gasteiger partial charge in [0.2, 0.25) is 0 Å². The van der Waals surface area contributed by atoms with Gasteiger partial charge in [0.25, 0.3) is 0 Å². The third-order valence-electron chi connectivity index (χ3n) is 16.6. The van der Waals surface area contributed by atoms with Gasteiger partial charge >= 0.3 is 0 Å². The Morgan fingerprint density at radius 3 is 0.727 bits per heavy atom. The van der Waals surface area contributed by atoms with E-state index in [2.05, 4.69) is 333 Å². The van der Waals surface area contributed by atoms with Crippen molar-refractivity contribution in [1.82, 2.24) is 34.3 Å². The molecule has 77 heavy (non-hydrogen) atoms. The smallest absolute Gasteiger partial charge is 0.0195 e. The van der Waals surface area contributed by atoms with Crippen molar-refractivity contribution in [3.63, 3.8) is 0 Å². The number of rotatable bonds is 7. The first kappa shape index (κ1) is 88.0. The van der Waals surface area contributed by atoms with Crippen LogP contribution in [-0.4, -0.2) is 174 Å². The van der Waals surface area contributed by atoms with Crippen LogP contribution >= 0.6 is 0 Å². The molecule has 2 fully saturated rings. The molecule has 4 atom stereocenters. The summed E-state index contributed by atoms with van der Waals surface area (Å²) < 4.78 is 0. The molecule has 0 spiro atoms. The topological polar surface area (TPSA) is 22.7 Å². The van der Waals surface area contributed by atoms with Crippen LogP contribution in [0, 0.1) is 54.7 Å². The Hall–Kier alpha value is -0.280. The van der Waals surface area contributed by atoms with Crippen LogP contribution < -0.4 is 0 Å². The van der Waals surface area contributed by atoms with Gasteiger partial charge < -0.3 is 34.3 Å². The van der Waals surface area contributed by atoms with Crippen molar-refractivity contribution in [2.45, 2.75) is 291 Å². The quantitative estimate of drug-likeness (QED) is 0.250. The summed E-state index contributed by atoms with van der Waals surface area (Å²) in [6.07, 6.45) is 6.86. The molecule has 0 bridgehead atoms. The second-order valence-electron chi connectivity index (χ2n) is 35.7. The Labute approximate surface area is 493 Å². The van der Waals surface area contributed by atoms with E-state index >= 15 is 0 Å². The molecule has 0 aromatic heterocycles. The van der Waals surface area contributed by atoms with Crippen LogP contribution in [0.3, 0.4) is 0 Å². The molecular formula is C70H159N7. The summed E-state index contributed by atoms with van der Waals surface area (Å²) in [5.74, 6) is 0.850.